The summed E-state index contributed by atoms with van der Waals surface area (Å²) in [6, 6.07) is 0. The second kappa shape index (κ2) is 4.26. The molecule has 7 nitrogen and oxygen atoms in total. The number of hydrogen-bond donors (Lipinski definition) is 4. The van der Waals surface area contributed by atoms with Gasteiger partial charge < -0.3 is 30.7 Å². The van der Waals surface area contributed by atoms with Crippen molar-refractivity contribution >= 4 is 5.84 Å². The summed E-state index contributed by atoms with van der Waals surface area (Å²) >= 11 is 0. The summed E-state index contributed by atoms with van der Waals surface area (Å²) in [4.78, 5) is 5.62. The van der Waals surface area contributed by atoms with E-state index in [1.165, 1.54) is 6.92 Å². The lowest BCUT2D eigenvalue weighted by atomic mass is 9.96. The van der Waals surface area contributed by atoms with Crippen molar-refractivity contribution in [3.05, 3.63) is 12.3 Å². The fraction of sp³-hybridized carbons (Fsp3) is 0.700. The van der Waals surface area contributed by atoms with E-state index >= 15 is 0 Å². The minimum Gasteiger partial charge on any atom is -0.394 e. The van der Waals surface area contributed by atoms with Crippen LogP contribution in [0.25, 0.3) is 0 Å². The van der Waals surface area contributed by atoms with Crippen LogP contribution >= 0.6 is 0 Å². The Balaban J connectivity index is 2.14. The van der Waals surface area contributed by atoms with Gasteiger partial charge in [-0.15, -0.1) is 0 Å². The van der Waals surface area contributed by atoms with Crippen molar-refractivity contribution in [1.82, 2.24) is 4.90 Å². The lowest BCUT2D eigenvalue weighted by Crippen LogP contribution is -2.52. The maximum absolute atomic E-state index is 10.2. The fourth-order valence-corrected chi connectivity index (χ4v) is 2.04. The third-order valence-electron chi connectivity index (χ3n) is 3.09. The lowest BCUT2D eigenvalue weighted by Gasteiger charge is -2.35. The summed E-state index contributed by atoms with van der Waals surface area (Å²) in [5.41, 5.74) is 4.01. The van der Waals surface area contributed by atoms with Crippen LogP contribution in [0.2, 0.25) is 0 Å². The summed E-state index contributed by atoms with van der Waals surface area (Å²) in [6.07, 6.45) is 0.527. The van der Waals surface area contributed by atoms with E-state index in [1.54, 1.807) is 17.2 Å². The summed E-state index contributed by atoms with van der Waals surface area (Å²) in [7, 11) is 0. The number of aliphatic imine (C=N–C) groups is 1. The lowest BCUT2D eigenvalue weighted by molar-refractivity contribution is -0.119. The number of aliphatic hydroxyl groups is 3. The number of nitrogens with zero attached hydrogens (tertiary/aromatic N) is 2. The molecule has 2 heterocycles. The molecule has 0 radical (unpaired) electrons. The molecule has 0 aromatic rings. The molecule has 1 fully saturated rings. The Morgan fingerprint density at radius 1 is 1.71 bits per heavy atom. The third-order valence-corrected chi connectivity index (χ3v) is 3.09. The molecule has 17 heavy (non-hydrogen) atoms. The summed E-state index contributed by atoms with van der Waals surface area (Å²) in [6.45, 7) is 1.36. The van der Waals surface area contributed by atoms with Crippen LogP contribution in [0.3, 0.4) is 0 Å². The first-order chi connectivity index (χ1) is 7.96. The van der Waals surface area contributed by atoms with Crippen LogP contribution in [0, 0.1) is 0 Å². The molecule has 0 bridgehead atoms. The monoisotopic (exact) mass is 243 g/mol. The Bertz CT molecular complexity index is 355. The molecule has 2 aliphatic rings. The molecule has 1 saturated heterocycles. The minimum absolute atomic E-state index is 0.244. The van der Waals surface area contributed by atoms with E-state index in [0.29, 0.717) is 5.84 Å². The van der Waals surface area contributed by atoms with Crippen LogP contribution in [0.4, 0.5) is 0 Å². The van der Waals surface area contributed by atoms with Gasteiger partial charge in [0.25, 0.3) is 0 Å². The molecule has 7 heteroatoms. The molecule has 0 aromatic carbocycles. The fourth-order valence-electron chi connectivity index (χ4n) is 2.04. The number of aliphatic hydroxyl groups excluding tert-OH is 2. The van der Waals surface area contributed by atoms with Gasteiger partial charge in [0.1, 0.15) is 30.3 Å². The molecular weight excluding hydrogens is 226 g/mol. The Kier molecular flexibility index (Phi) is 3.09. The predicted octanol–water partition coefficient (Wildman–Crippen LogP) is -2.04. The van der Waals surface area contributed by atoms with Crippen LogP contribution in [0.15, 0.2) is 17.3 Å². The summed E-state index contributed by atoms with van der Waals surface area (Å²) < 4.78 is 5.43. The zero-order chi connectivity index (χ0) is 12.6. The molecular formula is C10H17N3O4. The van der Waals surface area contributed by atoms with Crippen LogP contribution in [0.5, 0.6) is 0 Å². The van der Waals surface area contributed by atoms with E-state index < -0.39 is 24.0 Å². The highest BCUT2D eigenvalue weighted by Gasteiger charge is 2.53. The maximum atomic E-state index is 10.2. The van der Waals surface area contributed by atoms with Crippen molar-refractivity contribution < 1.29 is 20.1 Å². The van der Waals surface area contributed by atoms with Crippen LogP contribution in [-0.2, 0) is 4.74 Å². The number of ether oxygens (including phenoxy) is 1. The van der Waals surface area contributed by atoms with Gasteiger partial charge in [-0.05, 0) is 13.0 Å². The van der Waals surface area contributed by atoms with Gasteiger partial charge in [-0.2, -0.15) is 0 Å². The quantitative estimate of drug-likeness (QED) is 0.444. The molecule has 2 aliphatic heterocycles. The summed E-state index contributed by atoms with van der Waals surface area (Å²) in [5, 5.41) is 29.1. The van der Waals surface area contributed by atoms with E-state index in [4.69, 9.17) is 15.6 Å². The average molecular weight is 243 g/mol. The molecule has 0 saturated carbocycles. The van der Waals surface area contributed by atoms with E-state index in [2.05, 4.69) is 4.99 Å². The largest absolute Gasteiger partial charge is 0.394 e. The number of amidine groups is 1. The van der Waals surface area contributed by atoms with Gasteiger partial charge in [-0.1, -0.05) is 0 Å². The Labute approximate surface area is 98.8 Å². The highest BCUT2D eigenvalue weighted by Crippen LogP contribution is 2.33. The molecule has 2 rings (SSSR count). The standard InChI is InChI=1S/C10H17N3O4/c1-10(16)8(15)6(4-14)17-9(10)13-3-2-7(11)12-5-13/h2-3,6,8-9,14-16H,4-5H2,1H3,(H2,11,12). The number of rotatable bonds is 2. The Hall–Kier alpha value is -1.15. The first kappa shape index (κ1) is 12.3. The highest BCUT2D eigenvalue weighted by atomic mass is 16.6. The molecule has 0 amide bonds. The van der Waals surface area contributed by atoms with E-state index in [-0.39, 0.29) is 13.3 Å². The zero-order valence-electron chi connectivity index (χ0n) is 9.52. The van der Waals surface area contributed by atoms with Gasteiger partial charge in [0.05, 0.1) is 6.61 Å². The highest BCUT2D eigenvalue weighted by molar-refractivity contribution is 5.91. The molecule has 5 N–H and O–H groups in total. The first-order valence-corrected chi connectivity index (χ1v) is 5.37. The van der Waals surface area contributed by atoms with Crippen molar-refractivity contribution in [2.75, 3.05) is 13.3 Å². The van der Waals surface area contributed by atoms with E-state index in [9.17, 15) is 10.2 Å². The van der Waals surface area contributed by atoms with Gasteiger partial charge in [0.2, 0.25) is 0 Å². The third kappa shape index (κ3) is 2.02. The van der Waals surface area contributed by atoms with Gasteiger partial charge in [0.15, 0.2) is 6.23 Å². The Morgan fingerprint density at radius 3 is 2.88 bits per heavy atom. The molecule has 0 aromatic heterocycles. The average Bonchev–Trinajstić information content (AvgIpc) is 2.53. The first-order valence-electron chi connectivity index (χ1n) is 5.37. The smallest absolute Gasteiger partial charge is 0.163 e. The maximum Gasteiger partial charge on any atom is 0.163 e. The molecule has 0 aliphatic carbocycles. The van der Waals surface area contributed by atoms with Crippen molar-refractivity contribution in [1.29, 1.82) is 0 Å². The molecule has 0 spiro atoms. The van der Waals surface area contributed by atoms with Gasteiger partial charge in [-0.25, -0.2) is 4.99 Å². The van der Waals surface area contributed by atoms with Gasteiger partial charge >= 0.3 is 0 Å². The van der Waals surface area contributed by atoms with Gasteiger partial charge in [-0.3, -0.25) is 0 Å². The predicted molar refractivity (Wildman–Crippen MR) is 59.8 cm³/mol. The molecule has 96 valence electrons. The normalized spacial score (nSPS) is 41.8. The second-order valence-corrected chi connectivity index (χ2v) is 4.43. The van der Waals surface area contributed by atoms with Crippen LogP contribution in [0.1, 0.15) is 6.92 Å². The van der Waals surface area contributed by atoms with Crippen LogP contribution < -0.4 is 5.73 Å². The number of nitrogens with two attached hydrogens (primary N) is 1. The zero-order valence-corrected chi connectivity index (χ0v) is 9.52. The van der Waals surface area contributed by atoms with E-state index in [0.717, 1.165) is 0 Å². The number of hydrogen-bond acceptors (Lipinski definition) is 7. The molecule has 4 unspecified atom stereocenters. The van der Waals surface area contributed by atoms with Crippen molar-refractivity contribution in [3.8, 4) is 0 Å². The van der Waals surface area contributed by atoms with Crippen molar-refractivity contribution in [2.45, 2.75) is 31.0 Å². The van der Waals surface area contributed by atoms with E-state index in [1.807, 2.05) is 0 Å². The SMILES string of the molecule is CC1(O)C(O)C(CO)OC1N1C=CC(N)=NC1. The second-order valence-electron chi connectivity index (χ2n) is 4.43. The van der Waals surface area contributed by atoms with Crippen molar-refractivity contribution in [3.63, 3.8) is 0 Å². The molecule has 4 atom stereocenters. The topological polar surface area (TPSA) is 112 Å². The Morgan fingerprint density at radius 2 is 2.41 bits per heavy atom. The summed E-state index contributed by atoms with van der Waals surface area (Å²) in [5.74, 6) is 0.401. The van der Waals surface area contributed by atoms with Crippen molar-refractivity contribution in [2.24, 2.45) is 10.7 Å². The minimum atomic E-state index is -1.47. The van der Waals surface area contributed by atoms with Crippen LogP contribution in [-0.4, -0.2) is 63.4 Å². The van der Waals surface area contributed by atoms with Gasteiger partial charge in [0, 0.05) is 6.20 Å².